The van der Waals surface area contributed by atoms with Crippen molar-refractivity contribution in [3.8, 4) is 0 Å². The lowest BCUT2D eigenvalue weighted by molar-refractivity contribution is -0.117. The number of hydrogen-bond donors (Lipinski definition) is 2. The number of hydrogen-bond acceptors (Lipinski definition) is 6. The zero-order valence-corrected chi connectivity index (χ0v) is 10.6. The van der Waals surface area contributed by atoms with E-state index in [0.717, 1.165) is 0 Å². The second kappa shape index (κ2) is 6.05. The Kier molecular flexibility index (Phi) is 4.19. The second-order valence-electron chi connectivity index (χ2n) is 3.57. The lowest BCUT2D eigenvalue weighted by atomic mass is 10.4. The van der Waals surface area contributed by atoms with Crippen LogP contribution in [0, 0.1) is 0 Å². The van der Waals surface area contributed by atoms with Crippen LogP contribution in [0.15, 0.2) is 46.2 Å². The van der Waals surface area contributed by atoms with Gasteiger partial charge in [0.05, 0.1) is 28.9 Å². The molecule has 2 amide bonds. The van der Waals surface area contributed by atoms with Gasteiger partial charge >= 0.3 is 0 Å². The first-order valence-electron chi connectivity index (χ1n) is 5.37. The molecule has 0 unspecified atom stereocenters. The zero-order chi connectivity index (χ0) is 13.7. The van der Waals surface area contributed by atoms with E-state index in [1.807, 2.05) is 0 Å². The lowest BCUT2D eigenvalue weighted by Gasteiger charge is -2.02. The van der Waals surface area contributed by atoms with Gasteiger partial charge in [-0.15, -0.1) is 0 Å². The number of nitrogen functional groups attached to an aromatic ring is 1. The largest absolute Gasteiger partial charge is 0.459 e. The number of nitrogens with zero attached hydrogens (tertiary/aromatic N) is 1. The molecule has 2 aromatic rings. The van der Waals surface area contributed by atoms with Crippen molar-refractivity contribution in [2.45, 2.75) is 5.03 Å². The maximum Gasteiger partial charge on any atom is 0.293 e. The molecular weight excluding hydrogens is 266 g/mol. The Morgan fingerprint density at radius 3 is 2.84 bits per heavy atom. The summed E-state index contributed by atoms with van der Waals surface area (Å²) in [5, 5.41) is 2.88. The van der Waals surface area contributed by atoms with Crippen LogP contribution in [0.1, 0.15) is 10.6 Å². The van der Waals surface area contributed by atoms with Crippen molar-refractivity contribution in [1.29, 1.82) is 0 Å². The van der Waals surface area contributed by atoms with E-state index in [2.05, 4.69) is 10.3 Å². The highest BCUT2D eigenvalue weighted by Crippen LogP contribution is 2.15. The predicted octanol–water partition coefficient (Wildman–Crippen LogP) is 1.31. The SMILES string of the molecule is Nc1ccc(SCC(=O)NC(=O)c2ccco2)nc1. The van der Waals surface area contributed by atoms with Crippen LogP contribution in [0.4, 0.5) is 5.69 Å². The third-order valence-corrected chi connectivity index (χ3v) is 3.05. The molecule has 0 atom stereocenters. The van der Waals surface area contributed by atoms with Crippen LogP contribution in [0.3, 0.4) is 0 Å². The van der Waals surface area contributed by atoms with E-state index in [1.54, 1.807) is 18.2 Å². The molecule has 0 saturated carbocycles. The second-order valence-corrected chi connectivity index (χ2v) is 4.57. The minimum Gasteiger partial charge on any atom is -0.459 e. The first-order chi connectivity index (χ1) is 9.15. The lowest BCUT2D eigenvalue weighted by Crippen LogP contribution is -2.31. The quantitative estimate of drug-likeness (QED) is 0.817. The van der Waals surface area contributed by atoms with Gasteiger partial charge in [-0.2, -0.15) is 0 Å². The van der Waals surface area contributed by atoms with Crippen LogP contribution in [-0.2, 0) is 4.79 Å². The van der Waals surface area contributed by atoms with Crippen LogP contribution >= 0.6 is 11.8 Å². The van der Waals surface area contributed by atoms with E-state index in [4.69, 9.17) is 10.2 Å². The van der Waals surface area contributed by atoms with Crippen LogP contribution in [0.2, 0.25) is 0 Å². The number of nitrogens with two attached hydrogens (primary N) is 1. The summed E-state index contributed by atoms with van der Waals surface area (Å²) < 4.78 is 4.87. The summed E-state index contributed by atoms with van der Waals surface area (Å²) in [4.78, 5) is 27.1. The molecule has 6 nitrogen and oxygen atoms in total. The third kappa shape index (κ3) is 3.85. The average Bonchev–Trinajstić information content (AvgIpc) is 2.92. The van der Waals surface area contributed by atoms with Gasteiger partial charge in [-0.25, -0.2) is 4.98 Å². The monoisotopic (exact) mass is 277 g/mol. The molecule has 0 spiro atoms. The van der Waals surface area contributed by atoms with Gasteiger partial charge in [-0.3, -0.25) is 14.9 Å². The summed E-state index contributed by atoms with van der Waals surface area (Å²) in [6.07, 6.45) is 2.88. The van der Waals surface area contributed by atoms with E-state index in [1.165, 1.54) is 30.3 Å². The van der Waals surface area contributed by atoms with Gasteiger partial charge in [0.25, 0.3) is 5.91 Å². The summed E-state index contributed by atoms with van der Waals surface area (Å²) in [5.41, 5.74) is 6.05. The molecule has 0 aromatic carbocycles. The Morgan fingerprint density at radius 2 is 2.21 bits per heavy atom. The summed E-state index contributed by atoms with van der Waals surface area (Å²) in [5.74, 6) is -0.779. The van der Waals surface area contributed by atoms with Gasteiger partial charge in [-0.05, 0) is 24.3 Å². The van der Waals surface area contributed by atoms with Crippen LogP contribution in [0.5, 0.6) is 0 Å². The normalized spacial score (nSPS) is 10.1. The van der Waals surface area contributed by atoms with Crippen molar-refractivity contribution in [2.24, 2.45) is 0 Å². The van der Waals surface area contributed by atoms with Gasteiger partial charge in [0, 0.05) is 0 Å². The molecule has 7 heteroatoms. The highest BCUT2D eigenvalue weighted by Gasteiger charge is 2.12. The number of furan rings is 1. The van der Waals surface area contributed by atoms with Gasteiger partial charge < -0.3 is 10.2 Å². The highest BCUT2D eigenvalue weighted by molar-refractivity contribution is 7.99. The van der Waals surface area contributed by atoms with Crippen molar-refractivity contribution >= 4 is 29.3 Å². The average molecular weight is 277 g/mol. The smallest absolute Gasteiger partial charge is 0.293 e. The maximum atomic E-state index is 11.5. The Morgan fingerprint density at radius 1 is 1.37 bits per heavy atom. The molecule has 0 aliphatic carbocycles. The molecule has 19 heavy (non-hydrogen) atoms. The molecule has 0 saturated heterocycles. The fraction of sp³-hybridized carbons (Fsp3) is 0.0833. The summed E-state index contributed by atoms with van der Waals surface area (Å²) >= 11 is 1.21. The molecule has 2 heterocycles. The highest BCUT2D eigenvalue weighted by atomic mass is 32.2. The fourth-order valence-electron chi connectivity index (χ4n) is 1.25. The minimum atomic E-state index is -0.555. The van der Waals surface area contributed by atoms with Crippen LogP contribution in [-0.4, -0.2) is 22.6 Å². The number of carbonyl (C=O) groups is 2. The number of pyridine rings is 1. The molecule has 2 aromatic heterocycles. The number of nitrogens with one attached hydrogen (secondary N) is 1. The molecular formula is C12H11N3O3S. The Labute approximate surface area is 113 Å². The molecule has 0 fully saturated rings. The third-order valence-electron chi connectivity index (χ3n) is 2.11. The van der Waals surface area contributed by atoms with E-state index in [0.29, 0.717) is 10.7 Å². The van der Waals surface area contributed by atoms with Gasteiger partial charge in [0.2, 0.25) is 5.91 Å². The fourth-order valence-corrected chi connectivity index (χ4v) is 1.89. The van der Waals surface area contributed by atoms with E-state index < -0.39 is 11.8 Å². The first kappa shape index (κ1) is 13.2. The van der Waals surface area contributed by atoms with Crippen molar-refractivity contribution in [1.82, 2.24) is 10.3 Å². The molecule has 0 bridgehead atoms. The number of imide groups is 1. The molecule has 98 valence electrons. The van der Waals surface area contributed by atoms with Crippen molar-refractivity contribution in [3.05, 3.63) is 42.5 Å². The number of aromatic nitrogens is 1. The van der Waals surface area contributed by atoms with Gasteiger partial charge in [0.1, 0.15) is 0 Å². The maximum absolute atomic E-state index is 11.5. The van der Waals surface area contributed by atoms with Crippen molar-refractivity contribution in [2.75, 3.05) is 11.5 Å². The first-order valence-corrected chi connectivity index (χ1v) is 6.36. The van der Waals surface area contributed by atoms with E-state index in [-0.39, 0.29) is 11.5 Å². The molecule has 0 aliphatic heterocycles. The molecule has 0 aliphatic rings. The molecule has 3 N–H and O–H groups in total. The Balaban J connectivity index is 1.82. The summed E-state index contributed by atoms with van der Waals surface area (Å²) in [6, 6.07) is 6.46. The van der Waals surface area contributed by atoms with Gasteiger partial charge in [-0.1, -0.05) is 11.8 Å². The van der Waals surface area contributed by atoms with Crippen LogP contribution < -0.4 is 11.1 Å². The predicted molar refractivity (Wildman–Crippen MR) is 70.6 cm³/mol. The van der Waals surface area contributed by atoms with E-state index in [9.17, 15) is 9.59 Å². The summed E-state index contributed by atoms with van der Waals surface area (Å²) in [6.45, 7) is 0. The standard InChI is InChI=1S/C12H11N3O3S/c13-8-3-4-11(14-6-8)19-7-10(16)15-12(17)9-2-1-5-18-9/h1-6H,7,13H2,(H,15,16,17). The van der Waals surface area contributed by atoms with Crippen molar-refractivity contribution < 1.29 is 14.0 Å². The van der Waals surface area contributed by atoms with E-state index >= 15 is 0 Å². The van der Waals surface area contributed by atoms with Gasteiger partial charge in [0.15, 0.2) is 5.76 Å². The molecule has 0 radical (unpaired) electrons. The number of carbonyl (C=O) groups excluding carboxylic acids is 2. The van der Waals surface area contributed by atoms with Crippen LogP contribution in [0.25, 0.3) is 0 Å². The topological polar surface area (TPSA) is 98.2 Å². The number of thioether (sulfide) groups is 1. The van der Waals surface area contributed by atoms with Crippen molar-refractivity contribution in [3.63, 3.8) is 0 Å². The number of rotatable bonds is 4. The molecule has 2 rings (SSSR count). The minimum absolute atomic E-state index is 0.0867. The number of amides is 2. The summed E-state index contributed by atoms with van der Waals surface area (Å²) in [7, 11) is 0. The Hall–Kier alpha value is -2.28. The number of anilines is 1. The zero-order valence-electron chi connectivity index (χ0n) is 9.83. The Bertz CT molecular complexity index is 566.